The Morgan fingerprint density at radius 2 is 1.81 bits per heavy atom. The Hall–Kier alpha value is -3.28. The van der Waals surface area contributed by atoms with Crippen LogP contribution in [0.2, 0.25) is 0 Å². The van der Waals surface area contributed by atoms with Crippen molar-refractivity contribution in [1.29, 1.82) is 0 Å². The van der Waals surface area contributed by atoms with E-state index in [2.05, 4.69) is 0 Å². The number of hydrogen-bond donors (Lipinski definition) is 0. The van der Waals surface area contributed by atoms with Crippen molar-refractivity contribution in [1.82, 2.24) is 9.80 Å². The molecule has 31 heavy (non-hydrogen) atoms. The summed E-state index contributed by atoms with van der Waals surface area (Å²) in [5, 5.41) is 0. The maximum absolute atomic E-state index is 13.4. The lowest BCUT2D eigenvalue weighted by Crippen LogP contribution is -2.47. The molecule has 0 radical (unpaired) electrons. The number of fused-ring (bicyclic) bond motifs is 2. The van der Waals surface area contributed by atoms with E-state index in [1.807, 2.05) is 80.3 Å². The zero-order chi connectivity index (χ0) is 22.2. The van der Waals surface area contributed by atoms with Gasteiger partial charge >= 0.3 is 6.09 Å². The minimum atomic E-state index is -0.591. The van der Waals surface area contributed by atoms with Gasteiger partial charge in [0, 0.05) is 24.9 Å². The number of benzene rings is 2. The van der Waals surface area contributed by atoms with Crippen molar-refractivity contribution in [3.8, 4) is 5.75 Å². The van der Waals surface area contributed by atoms with Crippen LogP contribution in [0, 0.1) is 0 Å². The molecule has 0 fully saturated rings. The second kappa shape index (κ2) is 7.76. The van der Waals surface area contributed by atoms with Crippen LogP contribution in [0.5, 0.6) is 5.75 Å². The normalized spacial score (nSPS) is 20.2. The second-order valence-corrected chi connectivity index (χ2v) is 8.95. The predicted octanol–water partition coefficient (Wildman–Crippen LogP) is 4.70. The van der Waals surface area contributed by atoms with E-state index in [0.29, 0.717) is 25.1 Å². The van der Waals surface area contributed by atoms with E-state index in [1.54, 1.807) is 18.2 Å². The van der Waals surface area contributed by atoms with Crippen LogP contribution < -0.4 is 4.74 Å². The number of carbonyl (C=O) groups is 2. The quantitative estimate of drug-likeness (QED) is 0.722. The third-order valence-electron chi connectivity index (χ3n) is 5.74. The zero-order valence-electron chi connectivity index (χ0n) is 18.4. The number of amides is 2. The highest BCUT2D eigenvalue weighted by molar-refractivity contribution is 6.00. The van der Waals surface area contributed by atoms with Crippen LogP contribution in [-0.4, -0.2) is 41.1 Å². The van der Waals surface area contributed by atoms with Gasteiger partial charge in [-0.3, -0.25) is 9.69 Å². The van der Waals surface area contributed by atoms with Gasteiger partial charge in [0.25, 0.3) is 5.91 Å². The van der Waals surface area contributed by atoms with E-state index in [4.69, 9.17) is 9.47 Å². The maximum atomic E-state index is 13.4. The van der Waals surface area contributed by atoms with Crippen LogP contribution in [-0.2, 0) is 16.8 Å². The second-order valence-electron chi connectivity index (χ2n) is 8.95. The number of nitrogens with zero attached hydrogens (tertiary/aromatic N) is 2. The van der Waals surface area contributed by atoms with E-state index < -0.39 is 11.1 Å². The Bertz CT molecular complexity index is 1020. The summed E-state index contributed by atoms with van der Waals surface area (Å²) < 4.78 is 10.8. The summed E-state index contributed by atoms with van der Waals surface area (Å²) in [5.74, 6) is 0.779. The molecule has 0 saturated carbocycles. The molecule has 1 spiro atoms. The van der Waals surface area contributed by atoms with Gasteiger partial charge in [0.05, 0.1) is 12.6 Å². The van der Waals surface area contributed by atoms with Crippen molar-refractivity contribution in [2.75, 3.05) is 13.7 Å². The minimum absolute atomic E-state index is 0.00165. The average Bonchev–Trinajstić information content (AvgIpc) is 2.97. The molecule has 2 heterocycles. The third-order valence-corrected chi connectivity index (χ3v) is 5.74. The Kier molecular flexibility index (Phi) is 5.25. The topological polar surface area (TPSA) is 59.1 Å². The Morgan fingerprint density at radius 3 is 2.42 bits per heavy atom. The standard InChI is InChI=1S/C25H28N2O4/c1-24(2,3)31-23(29)26-15-13-25(14-16-26)21-8-6-5-7-20(21)22(28)27(25)17-18-9-11-19(30-4)12-10-18/h5-13,15H,14,16-17H2,1-4H3. The molecule has 0 saturated heterocycles. The van der Waals surface area contributed by atoms with E-state index in [0.717, 1.165) is 16.9 Å². The van der Waals surface area contributed by atoms with Crippen molar-refractivity contribution in [3.63, 3.8) is 0 Å². The van der Waals surface area contributed by atoms with Crippen LogP contribution in [0.1, 0.15) is 48.7 Å². The summed E-state index contributed by atoms with van der Waals surface area (Å²) in [7, 11) is 1.63. The van der Waals surface area contributed by atoms with Gasteiger partial charge in [-0.1, -0.05) is 30.3 Å². The van der Waals surface area contributed by atoms with Gasteiger partial charge in [-0.05, 0) is 62.6 Å². The fourth-order valence-electron chi connectivity index (χ4n) is 4.23. The minimum Gasteiger partial charge on any atom is -0.497 e. The van der Waals surface area contributed by atoms with Gasteiger partial charge in [0.1, 0.15) is 11.4 Å². The zero-order valence-corrected chi connectivity index (χ0v) is 18.4. The molecule has 0 aromatic heterocycles. The van der Waals surface area contributed by atoms with Crippen LogP contribution in [0.3, 0.4) is 0 Å². The SMILES string of the molecule is COc1ccc(CN2C(=O)c3ccccc3C23C=CN(C(=O)OC(C)(C)C)CC3)cc1. The van der Waals surface area contributed by atoms with Crippen molar-refractivity contribution in [3.05, 3.63) is 77.5 Å². The monoisotopic (exact) mass is 420 g/mol. The van der Waals surface area contributed by atoms with E-state index >= 15 is 0 Å². The van der Waals surface area contributed by atoms with E-state index in [1.165, 1.54) is 0 Å². The van der Waals surface area contributed by atoms with E-state index in [-0.39, 0.29) is 12.0 Å². The molecular weight excluding hydrogens is 392 g/mol. The first-order valence-electron chi connectivity index (χ1n) is 10.5. The highest BCUT2D eigenvalue weighted by atomic mass is 16.6. The number of hydrogen-bond acceptors (Lipinski definition) is 4. The van der Waals surface area contributed by atoms with Crippen molar-refractivity contribution in [2.45, 2.75) is 44.9 Å². The van der Waals surface area contributed by atoms with Crippen LogP contribution in [0.4, 0.5) is 4.79 Å². The number of carbonyl (C=O) groups excluding carboxylic acids is 2. The van der Waals surface area contributed by atoms with Crippen LogP contribution >= 0.6 is 0 Å². The summed E-state index contributed by atoms with van der Waals surface area (Å²) in [4.78, 5) is 29.4. The van der Waals surface area contributed by atoms with Gasteiger partial charge in [0.2, 0.25) is 0 Å². The summed E-state index contributed by atoms with van der Waals surface area (Å²) >= 11 is 0. The molecule has 0 bridgehead atoms. The molecule has 4 rings (SSSR count). The molecule has 2 aliphatic heterocycles. The fourth-order valence-corrected chi connectivity index (χ4v) is 4.23. The maximum Gasteiger partial charge on any atom is 0.414 e. The average molecular weight is 421 g/mol. The van der Waals surface area contributed by atoms with Crippen LogP contribution in [0.25, 0.3) is 0 Å². The molecule has 1 unspecified atom stereocenters. The van der Waals surface area contributed by atoms with Crippen molar-refractivity contribution < 1.29 is 19.1 Å². The van der Waals surface area contributed by atoms with Crippen molar-refractivity contribution in [2.24, 2.45) is 0 Å². The predicted molar refractivity (Wildman–Crippen MR) is 118 cm³/mol. The highest BCUT2D eigenvalue weighted by Gasteiger charge is 2.49. The molecule has 0 N–H and O–H groups in total. The van der Waals surface area contributed by atoms with Gasteiger partial charge in [-0.25, -0.2) is 4.79 Å². The summed E-state index contributed by atoms with van der Waals surface area (Å²) in [6.45, 7) is 6.48. The molecule has 0 aliphatic carbocycles. The largest absolute Gasteiger partial charge is 0.497 e. The van der Waals surface area contributed by atoms with Gasteiger partial charge in [-0.2, -0.15) is 0 Å². The third kappa shape index (κ3) is 3.90. The van der Waals surface area contributed by atoms with Gasteiger partial charge in [-0.15, -0.1) is 0 Å². The Balaban J connectivity index is 1.66. The van der Waals surface area contributed by atoms with Gasteiger partial charge < -0.3 is 14.4 Å². The fraction of sp³-hybridized carbons (Fsp3) is 0.360. The highest BCUT2D eigenvalue weighted by Crippen LogP contribution is 2.45. The number of ether oxygens (including phenoxy) is 2. The summed E-state index contributed by atoms with van der Waals surface area (Å²) in [6.07, 6.45) is 3.95. The Labute approximate surface area is 183 Å². The molecule has 6 heteroatoms. The van der Waals surface area contributed by atoms with Crippen molar-refractivity contribution >= 4 is 12.0 Å². The smallest absolute Gasteiger partial charge is 0.414 e. The lowest BCUT2D eigenvalue weighted by atomic mass is 9.84. The lowest BCUT2D eigenvalue weighted by Gasteiger charge is -2.41. The first kappa shape index (κ1) is 21.0. The summed E-state index contributed by atoms with van der Waals surface area (Å²) in [6, 6.07) is 15.5. The first-order chi connectivity index (χ1) is 14.7. The molecular formula is C25H28N2O4. The van der Waals surface area contributed by atoms with Crippen LogP contribution in [0.15, 0.2) is 60.8 Å². The van der Waals surface area contributed by atoms with E-state index in [9.17, 15) is 9.59 Å². The number of rotatable bonds is 3. The number of methoxy groups -OCH3 is 1. The molecule has 1 atom stereocenters. The molecule has 6 nitrogen and oxygen atoms in total. The molecule has 2 aromatic carbocycles. The molecule has 2 amide bonds. The molecule has 162 valence electrons. The van der Waals surface area contributed by atoms with Gasteiger partial charge in [0.15, 0.2) is 0 Å². The summed E-state index contributed by atoms with van der Waals surface area (Å²) in [5.41, 5.74) is 1.56. The molecule has 2 aliphatic rings. The molecule has 2 aromatic rings. The lowest BCUT2D eigenvalue weighted by molar-refractivity contribution is 0.0268. The Morgan fingerprint density at radius 1 is 1.10 bits per heavy atom. The first-order valence-corrected chi connectivity index (χ1v) is 10.5.